The van der Waals surface area contributed by atoms with Crippen molar-refractivity contribution in [3.63, 3.8) is 0 Å². The first kappa shape index (κ1) is 10.6. The molecule has 1 atom stereocenters. The largest absolute Gasteiger partial charge is 0.376 e. The lowest BCUT2D eigenvalue weighted by atomic mass is 10.2. The molecule has 0 spiro atoms. The molecular formula is C10H17N3O2. The molecule has 2 heterocycles. The number of aromatic nitrogens is 2. The van der Waals surface area contributed by atoms with Gasteiger partial charge < -0.3 is 14.8 Å². The number of rotatable bonds is 4. The van der Waals surface area contributed by atoms with Gasteiger partial charge in [0.1, 0.15) is 0 Å². The molecule has 0 aromatic carbocycles. The van der Waals surface area contributed by atoms with Gasteiger partial charge in [0.2, 0.25) is 0 Å². The molecule has 1 saturated heterocycles. The van der Waals surface area contributed by atoms with Crippen molar-refractivity contribution < 1.29 is 9.47 Å². The predicted octanol–water partition coefficient (Wildman–Crippen LogP) is 0.223. The van der Waals surface area contributed by atoms with Crippen LogP contribution in [0.5, 0.6) is 0 Å². The normalized spacial score (nSPS) is 21.8. The minimum Gasteiger partial charge on any atom is -0.376 e. The van der Waals surface area contributed by atoms with Crippen molar-refractivity contribution in [3.05, 3.63) is 17.5 Å². The van der Waals surface area contributed by atoms with Crippen molar-refractivity contribution in [1.29, 1.82) is 0 Å². The van der Waals surface area contributed by atoms with Crippen LogP contribution in [-0.4, -0.2) is 42.7 Å². The SMILES string of the molecule is Cc1[nH]ncc1CNCC1COCCO1. The molecule has 0 aliphatic carbocycles. The van der Waals surface area contributed by atoms with Crippen molar-refractivity contribution in [3.8, 4) is 0 Å². The zero-order valence-electron chi connectivity index (χ0n) is 8.95. The Bertz CT molecular complexity index is 295. The highest BCUT2D eigenvalue weighted by atomic mass is 16.6. The van der Waals surface area contributed by atoms with Crippen molar-refractivity contribution in [2.45, 2.75) is 19.6 Å². The van der Waals surface area contributed by atoms with E-state index < -0.39 is 0 Å². The first-order valence-corrected chi connectivity index (χ1v) is 5.25. The zero-order valence-corrected chi connectivity index (χ0v) is 8.95. The molecule has 0 bridgehead atoms. The van der Waals surface area contributed by atoms with E-state index in [-0.39, 0.29) is 6.10 Å². The number of ether oxygens (including phenoxy) is 2. The number of nitrogens with one attached hydrogen (secondary N) is 2. The standard InChI is InChI=1S/C10H17N3O2/c1-8-9(5-12-13-8)4-11-6-10-7-14-2-3-15-10/h5,10-11H,2-4,6-7H2,1H3,(H,12,13). The maximum absolute atomic E-state index is 5.52. The van der Waals surface area contributed by atoms with Gasteiger partial charge in [0, 0.05) is 24.3 Å². The topological polar surface area (TPSA) is 59.2 Å². The zero-order chi connectivity index (χ0) is 10.5. The Morgan fingerprint density at radius 3 is 3.20 bits per heavy atom. The Balaban J connectivity index is 1.68. The smallest absolute Gasteiger partial charge is 0.0933 e. The number of aryl methyl sites for hydroxylation is 1. The number of nitrogens with zero attached hydrogens (tertiary/aromatic N) is 1. The average molecular weight is 211 g/mol. The van der Waals surface area contributed by atoms with Crippen LogP contribution in [0.3, 0.4) is 0 Å². The van der Waals surface area contributed by atoms with Crippen molar-refractivity contribution in [1.82, 2.24) is 15.5 Å². The Kier molecular flexibility index (Phi) is 3.71. The van der Waals surface area contributed by atoms with Gasteiger partial charge in [0.05, 0.1) is 32.1 Å². The summed E-state index contributed by atoms with van der Waals surface area (Å²) in [5.74, 6) is 0. The number of hydrogen-bond donors (Lipinski definition) is 2. The van der Waals surface area contributed by atoms with Gasteiger partial charge in [-0.3, -0.25) is 5.10 Å². The number of H-pyrrole nitrogens is 1. The van der Waals surface area contributed by atoms with Gasteiger partial charge in [0.25, 0.3) is 0 Å². The summed E-state index contributed by atoms with van der Waals surface area (Å²) in [6, 6.07) is 0. The van der Waals surface area contributed by atoms with E-state index in [2.05, 4.69) is 15.5 Å². The molecule has 2 N–H and O–H groups in total. The van der Waals surface area contributed by atoms with Crippen LogP contribution in [0.1, 0.15) is 11.3 Å². The van der Waals surface area contributed by atoms with Crippen molar-refractivity contribution in [2.75, 3.05) is 26.4 Å². The summed E-state index contributed by atoms with van der Waals surface area (Å²) < 4.78 is 10.8. The molecule has 0 amide bonds. The lowest BCUT2D eigenvalue weighted by Gasteiger charge is -2.23. The third kappa shape index (κ3) is 3.02. The third-order valence-electron chi connectivity index (χ3n) is 2.51. The second-order valence-electron chi connectivity index (χ2n) is 3.72. The predicted molar refractivity (Wildman–Crippen MR) is 55.6 cm³/mol. The lowest BCUT2D eigenvalue weighted by Crippen LogP contribution is -2.37. The molecule has 1 aliphatic heterocycles. The van der Waals surface area contributed by atoms with Crippen LogP contribution in [-0.2, 0) is 16.0 Å². The summed E-state index contributed by atoms with van der Waals surface area (Å²) in [4.78, 5) is 0. The van der Waals surface area contributed by atoms with Gasteiger partial charge in [-0.1, -0.05) is 0 Å². The molecule has 5 nitrogen and oxygen atoms in total. The monoisotopic (exact) mass is 211 g/mol. The highest BCUT2D eigenvalue weighted by Crippen LogP contribution is 2.03. The Labute approximate surface area is 89.2 Å². The van der Waals surface area contributed by atoms with Crippen LogP contribution in [0.2, 0.25) is 0 Å². The molecule has 84 valence electrons. The summed E-state index contributed by atoms with van der Waals surface area (Å²) in [5, 5.41) is 10.2. The number of hydrogen-bond acceptors (Lipinski definition) is 4. The van der Waals surface area contributed by atoms with Crippen molar-refractivity contribution in [2.24, 2.45) is 0 Å². The molecule has 2 rings (SSSR count). The van der Waals surface area contributed by atoms with Gasteiger partial charge in [-0.15, -0.1) is 0 Å². The molecule has 1 fully saturated rings. The molecule has 0 saturated carbocycles. The fraction of sp³-hybridized carbons (Fsp3) is 0.700. The minimum absolute atomic E-state index is 0.186. The second kappa shape index (κ2) is 5.25. The van der Waals surface area contributed by atoms with Gasteiger partial charge in [0.15, 0.2) is 0 Å². The van der Waals surface area contributed by atoms with Crippen LogP contribution in [0.4, 0.5) is 0 Å². The maximum Gasteiger partial charge on any atom is 0.0933 e. The van der Waals surface area contributed by atoms with E-state index in [1.807, 2.05) is 13.1 Å². The van der Waals surface area contributed by atoms with E-state index in [9.17, 15) is 0 Å². The summed E-state index contributed by atoms with van der Waals surface area (Å²) in [6.45, 7) is 5.78. The second-order valence-corrected chi connectivity index (χ2v) is 3.72. The van der Waals surface area contributed by atoms with E-state index in [1.54, 1.807) is 0 Å². The highest BCUT2D eigenvalue weighted by molar-refractivity contribution is 5.13. The summed E-state index contributed by atoms with van der Waals surface area (Å²) in [5.41, 5.74) is 2.31. The maximum atomic E-state index is 5.52. The molecule has 1 unspecified atom stereocenters. The fourth-order valence-electron chi connectivity index (χ4n) is 1.58. The lowest BCUT2D eigenvalue weighted by molar-refractivity contribution is -0.0864. The van der Waals surface area contributed by atoms with Gasteiger partial charge in [-0.2, -0.15) is 5.10 Å². The third-order valence-corrected chi connectivity index (χ3v) is 2.51. The first-order valence-electron chi connectivity index (χ1n) is 5.25. The van der Waals surface area contributed by atoms with Crippen LogP contribution >= 0.6 is 0 Å². The van der Waals surface area contributed by atoms with E-state index >= 15 is 0 Å². The van der Waals surface area contributed by atoms with Crippen molar-refractivity contribution >= 4 is 0 Å². The van der Waals surface area contributed by atoms with Crippen LogP contribution in [0, 0.1) is 6.92 Å². The molecule has 1 aliphatic rings. The van der Waals surface area contributed by atoms with E-state index in [4.69, 9.17) is 9.47 Å². The molecule has 0 radical (unpaired) electrons. The van der Waals surface area contributed by atoms with Crippen LogP contribution in [0.25, 0.3) is 0 Å². The van der Waals surface area contributed by atoms with Gasteiger partial charge in [-0.25, -0.2) is 0 Å². The quantitative estimate of drug-likeness (QED) is 0.748. The van der Waals surface area contributed by atoms with E-state index in [0.717, 1.165) is 25.4 Å². The van der Waals surface area contributed by atoms with Gasteiger partial charge in [-0.05, 0) is 6.92 Å². The highest BCUT2D eigenvalue weighted by Gasteiger charge is 2.13. The molecule has 15 heavy (non-hydrogen) atoms. The minimum atomic E-state index is 0.186. The van der Waals surface area contributed by atoms with Crippen LogP contribution in [0.15, 0.2) is 6.20 Å². The Morgan fingerprint density at radius 2 is 2.53 bits per heavy atom. The Hall–Kier alpha value is -0.910. The summed E-state index contributed by atoms with van der Waals surface area (Å²) in [7, 11) is 0. The Morgan fingerprint density at radius 1 is 1.60 bits per heavy atom. The number of aromatic amines is 1. The molecule has 1 aromatic heterocycles. The van der Waals surface area contributed by atoms with Gasteiger partial charge >= 0.3 is 0 Å². The van der Waals surface area contributed by atoms with E-state index in [1.165, 1.54) is 5.56 Å². The van der Waals surface area contributed by atoms with Crippen LogP contribution < -0.4 is 5.32 Å². The summed E-state index contributed by atoms with van der Waals surface area (Å²) in [6.07, 6.45) is 2.03. The molecule has 1 aromatic rings. The summed E-state index contributed by atoms with van der Waals surface area (Å²) >= 11 is 0. The molecular weight excluding hydrogens is 194 g/mol. The average Bonchev–Trinajstić information content (AvgIpc) is 2.66. The molecule has 5 heteroatoms. The fourth-order valence-corrected chi connectivity index (χ4v) is 1.58. The first-order chi connectivity index (χ1) is 7.36. The van der Waals surface area contributed by atoms with E-state index in [0.29, 0.717) is 13.2 Å².